The number of hydrogen-bond acceptors (Lipinski definition) is 10. The van der Waals surface area contributed by atoms with Crippen LogP contribution in [0.15, 0.2) is 53.5 Å². The number of aliphatic imine (C=N–C) groups is 1. The zero-order chi connectivity index (χ0) is 39.2. The van der Waals surface area contributed by atoms with Crippen LogP contribution in [0.1, 0.15) is 79.8 Å². The van der Waals surface area contributed by atoms with Crippen LogP contribution in [0.2, 0.25) is 0 Å². The number of anilines is 2. The van der Waals surface area contributed by atoms with Crippen molar-refractivity contribution >= 4 is 63.6 Å². The summed E-state index contributed by atoms with van der Waals surface area (Å²) >= 11 is 0. The number of aromatic nitrogens is 8. The third-order valence-corrected chi connectivity index (χ3v) is 8.96. The number of rotatable bonds is 16. The molecule has 6 rings (SSSR count). The minimum atomic E-state index is -0.587. The molecule has 0 unspecified atom stereocenters. The Hall–Kier alpha value is -6.94. The van der Waals surface area contributed by atoms with Crippen molar-refractivity contribution in [2.24, 2.45) is 10.7 Å². The summed E-state index contributed by atoms with van der Waals surface area (Å²) in [6.45, 7) is 9.84. The van der Waals surface area contributed by atoms with E-state index < -0.39 is 5.91 Å². The zero-order valence-corrected chi connectivity index (χ0v) is 31.0. The summed E-state index contributed by atoms with van der Waals surface area (Å²) in [5.74, 6) is -1.03. The number of nitrogens with zero attached hydrogens (tertiary/aromatic N) is 9. The number of benzene rings is 2. The quantitative estimate of drug-likeness (QED) is 0.0715. The fraction of sp³-hybridized carbons (Fsp3) is 0.324. The summed E-state index contributed by atoms with van der Waals surface area (Å²) in [5, 5.41) is 24.4. The molecule has 0 radical (unpaired) electrons. The number of carbonyl (C=O) groups excluding carboxylic acids is 4. The van der Waals surface area contributed by atoms with Gasteiger partial charge in [0.1, 0.15) is 11.4 Å². The van der Waals surface area contributed by atoms with Gasteiger partial charge in [-0.2, -0.15) is 10.2 Å². The Labute approximate surface area is 315 Å². The van der Waals surface area contributed by atoms with Gasteiger partial charge < -0.3 is 20.2 Å². The van der Waals surface area contributed by atoms with Crippen molar-refractivity contribution in [1.82, 2.24) is 44.0 Å². The first-order valence-electron chi connectivity index (χ1n) is 17.9. The molecule has 6 aromatic rings. The first-order chi connectivity index (χ1) is 26.5. The molecule has 0 aliphatic carbocycles. The van der Waals surface area contributed by atoms with Gasteiger partial charge in [-0.3, -0.25) is 39.2 Å². The van der Waals surface area contributed by atoms with Crippen molar-refractivity contribution in [1.29, 1.82) is 5.41 Å². The van der Waals surface area contributed by atoms with Crippen molar-refractivity contribution < 1.29 is 19.2 Å². The van der Waals surface area contributed by atoms with Crippen molar-refractivity contribution in [3.63, 3.8) is 0 Å². The molecule has 0 saturated carbocycles. The molecule has 0 fully saturated rings. The smallest absolute Gasteiger partial charge is 0.276 e. The predicted octanol–water partition coefficient (Wildman–Crippen LogP) is 4.00. The van der Waals surface area contributed by atoms with E-state index in [1.54, 1.807) is 57.9 Å². The van der Waals surface area contributed by atoms with Gasteiger partial charge >= 0.3 is 0 Å². The highest BCUT2D eigenvalue weighted by Crippen LogP contribution is 2.25. The van der Waals surface area contributed by atoms with Crippen LogP contribution in [0, 0.1) is 19.3 Å². The van der Waals surface area contributed by atoms with Crippen LogP contribution in [0.25, 0.3) is 22.1 Å². The highest BCUT2D eigenvalue weighted by Gasteiger charge is 2.21. The molecule has 55 heavy (non-hydrogen) atoms. The van der Waals surface area contributed by atoms with Crippen LogP contribution in [-0.4, -0.2) is 81.4 Å². The third kappa shape index (κ3) is 8.18. The molecule has 18 nitrogen and oxygen atoms in total. The molecule has 0 aliphatic heterocycles. The van der Waals surface area contributed by atoms with E-state index in [0.29, 0.717) is 107 Å². The second-order valence-corrected chi connectivity index (χ2v) is 12.8. The molecule has 284 valence electrons. The normalized spacial score (nSPS) is 11.1. The van der Waals surface area contributed by atoms with Crippen LogP contribution >= 0.6 is 0 Å². The SMILES string of the molecule is CCn1nc(C)cc1C(=O)Nc1nc2cc(C(N)=O)ccc2n1CCCCn1c(NC(=O)c2cc(C)nn2CC)nc2cc(C(=O)NCCN=C=N)ccc21. The molecular formula is C37H42N14O4. The summed E-state index contributed by atoms with van der Waals surface area (Å²) in [5.41, 5.74) is 10.9. The number of hydrogen-bond donors (Lipinski definition) is 5. The minimum Gasteiger partial charge on any atom is -0.366 e. The van der Waals surface area contributed by atoms with E-state index in [1.165, 1.54) is 0 Å². The lowest BCUT2D eigenvalue weighted by Gasteiger charge is -2.13. The van der Waals surface area contributed by atoms with Gasteiger partial charge in [0.15, 0.2) is 0 Å². The minimum absolute atomic E-state index is 0.234. The molecule has 18 heteroatoms. The van der Waals surface area contributed by atoms with Crippen molar-refractivity contribution in [3.05, 3.63) is 82.4 Å². The van der Waals surface area contributed by atoms with Gasteiger partial charge in [-0.25, -0.2) is 20.4 Å². The van der Waals surface area contributed by atoms with E-state index in [-0.39, 0.29) is 30.8 Å². The average Bonchev–Trinajstić information content (AvgIpc) is 3.93. The number of nitrogens with two attached hydrogens (primary N) is 1. The standard InChI is InChI=1S/C37H42N14O4/c1-5-50-30(17-22(3)46-50)34(54)44-36-42-26-19-24(32(39)52)9-11-28(26)48(36)15-7-8-16-49-29-12-10-25(33(53)41-14-13-40-21-38)20-27(29)43-37(49)45-35(55)31-18-23(4)47-51(31)6-2/h9-12,17-20,38H,5-8,13-16H2,1-4H3,(H2,39,52)(H,41,53)(H,42,44,54)(H,43,45,55). The van der Waals surface area contributed by atoms with Crippen molar-refractivity contribution in [3.8, 4) is 0 Å². The number of amides is 4. The first kappa shape index (κ1) is 37.8. The van der Waals surface area contributed by atoms with Gasteiger partial charge in [-0.1, -0.05) is 0 Å². The van der Waals surface area contributed by atoms with E-state index in [2.05, 4.69) is 36.1 Å². The maximum atomic E-state index is 13.5. The lowest BCUT2D eigenvalue weighted by molar-refractivity contribution is 0.0952. The Bertz CT molecular complexity index is 2480. The number of aryl methyl sites for hydroxylation is 6. The molecule has 4 aromatic heterocycles. The molecule has 0 aliphatic rings. The number of carbonyl (C=O) groups is 4. The lowest BCUT2D eigenvalue weighted by Crippen LogP contribution is -2.25. The van der Waals surface area contributed by atoms with E-state index in [4.69, 9.17) is 16.1 Å². The Morgan fingerprint density at radius 2 is 1.24 bits per heavy atom. The molecule has 4 amide bonds. The number of imidazole rings is 2. The van der Waals surface area contributed by atoms with Gasteiger partial charge in [0.05, 0.1) is 46.0 Å². The maximum absolute atomic E-state index is 13.5. The monoisotopic (exact) mass is 746 g/mol. The lowest BCUT2D eigenvalue weighted by atomic mass is 10.2. The van der Waals surface area contributed by atoms with Crippen LogP contribution in [0.3, 0.4) is 0 Å². The van der Waals surface area contributed by atoms with Crippen molar-refractivity contribution in [2.45, 2.75) is 66.7 Å². The molecule has 2 aromatic carbocycles. The fourth-order valence-corrected chi connectivity index (χ4v) is 6.39. The Kier molecular flexibility index (Phi) is 11.3. The van der Waals surface area contributed by atoms with E-state index in [0.717, 1.165) is 0 Å². The Morgan fingerprint density at radius 1 is 0.745 bits per heavy atom. The highest BCUT2D eigenvalue weighted by atomic mass is 16.2. The molecule has 0 bridgehead atoms. The first-order valence-corrected chi connectivity index (χ1v) is 17.9. The van der Waals surface area contributed by atoms with Crippen LogP contribution in [0.4, 0.5) is 11.9 Å². The Balaban J connectivity index is 1.26. The Morgan fingerprint density at radius 3 is 1.71 bits per heavy atom. The fourth-order valence-electron chi connectivity index (χ4n) is 6.39. The van der Waals surface area contributed by atoms with E-state index in [9.17, 15) is 19.2 Å². The highest BCUT2D eigenvalue weighted by molar-refractivity contribution is 6.04. The summed E-state index contributed by atoms with van der Waals surface area (Å²) in [6, 6.07) is 15.5. The van der Waals surface area contributed by atoms with Crippen LogP contribution < -0.4 is 21.7 Å². The number of fused-ring (bicyclic) bond motifs is 2. The second-order valence-electron chi connectivity index (χ2n) is 12.8. The molecule has 0 saturated heterocycles. The largest absolute Gasteiger partial charge is 0.366 e. The zero-order valence-electron chi connectivity index (χ0n) is 31.0. The topological polar surface area (TPSA) is 238 Å². The summed E-state index contributed by atoms with van der Waals surface area (Å²) in [4.78, 5) is 64.9. The average molecular weight is 747 g/mol. The van der Waals surface area contributed by atoms with Crippen molar-refractivity contribution in [2.75, 3.05) is 23.7 Å². The van der Waals surface area contributed by atoms with Gasteiger partial charge in [-0.05, 0) is 89.1 Å². The van der Waals surface area contributed by atoms with E-state index >= 15 is 0 Å². The molecule has 0 atom stereocenters. The molecule has 6 N–H and O–H groups in total. The van der Waals surface area contributed by atoms with Gasteiger partial charge in [0.2, 0.25) is 17.8 Å². The van der Waals surface area contributed by atoms with E-state index in [1.807, 2.05) is 42.8 Å². The van der Waals surface area contributed by atoms with Crippen LogP contribution in [-0.2, 0) is 26.2 Å². The van der Waals surface area contributed by atoms with Gasteiger partial charge in [0.25, 0.3) is 17.7 Å². The number of nitrogens with one attached hydrogen (secondary N) is 4. The van der Waals surface area contributed by atoms with Gasteiger partial charge in [-0.15, -0.1) is 0 Å². The number of primary amides is 1. The van der Waals surface area contributed by atoms with Gasteiger partial charge in [0, 0.05) is 43.9 Å². The predicted molar refractivity (Wildman–Crippen MR) is 206 cm³/mol. The molecule has 4 heterocycles. The second kappa shape index (κ2) is 16.4. The summed E-state index contributed by atoms with van der Waals surface area (Å²) < 4.78 is 7.03. The third-order valence-electron chi connectivity index (χ3n) is 8.96. The summed E-state index contributed by atoms with van der Waals surface area (Å²) in [6.07, 6.45) is 1.23. The number of unbranched alkanes of at least 4 members (excludes halogenated alkanes) is 1. The maximum Gasteiger partial charge on any atom is 0.276 e. The summed E-state index contributed by atoms with van der Waals surface area (Å²) in [7, 11) is 0. The molecule has 0 spiro atoms. The van der Waals surface area contributed by atoms with Crippen LogP contribution in [0.5, 0.6) is 0 Å². The molecular weight excluding hydrogens is 705 g/mol.